The molecule has 4 aromatic carbocycles. The van der Waals surface area contributed by atoms with E-state index in [2.05, 4.69) is 56.7 Å². The third-order valence-electron chi connectivity index (χ3n) is 6.46. The maximum atomic E-state index is 4.87. The fourth-order valence-electron chi connectivity index (χ4n) is 4.63. The Balaban J connectivity index is 1.18. The van der Waals surface area contributed by atoms with E-state index in [0.717, 1.165) is 55.8 Å². The second kappa shape index (κ2) is 9.22. The zero-order valence-electron chi connectivity index (χ0n) is 20.2. The zero-order chi connectivity index (χ0) is 25.3. The number of imidazole rings is 1. The molecule has 0 saturated heterocycles. The molecule has 180 valence electrons. The summed E-state index contributed by atoms with van der Waals surface area (Å²) in [5.74, 6) is 1.30. The van der Waals surface area contributed by atoms with Gasteiger partial charge in [0.15, 0.2) is 0 Å². The number of rotatable bonds is 5. The van der Waals surface area contributed by atoms with Crippen molar-refractivity contribution in [3.8, 4) is 28.5 Å². The molecule has 0 aliphatic carbocycles. The molecule has 0 spiro atoms. The summed E-state index contributed by atoms with van der Waals surface area (Å²) in [4.78, 5) is 22.3. The van der Waals surface area contributed by atoms with Gasteiger partial charge in [0.25, 0.3) is 0 Å². The predicted octanol–water partition coefficient (Wildman–Crippen LogP) is 6.84. The van der Waals surface area contributed by atoms with Crippen LogP contribution in [0.3, 0.4) is 0 Å². The third-order valence-corrected chi connectivity index (χ3v) is 6.46. The van der Waals surface area contributed by atoms with Crippen LogP contribution < -0.4 is 5.32 Å². The first-order valence-corrected chi connectivity index (χ1v) is 12.2. The summed E-state index contributed by atoms with van der Waals surface area (Å²) >= 11 is 0. The fourth-order valence-corrected chi connectivity index (χ4v) is 4.63. The van der Waals surface area contributed by atoms with E-state index in [1.54, 1.807) is 0 Å². The van der Waals surface area contributed by atoms with E-state index in [9.17, 15) is 0 Å². The van der Waals surface area contributed by atoms with Gasteiger partial charge in [-0.1, -0.05) is 48.5 Å². The van der Waals surface area contributed by atoms with Gasteiger partial charge in [-0.15, -0.1) is 0 Å². The van der Waals surface area contributed by atoms with Crippen LogP contribution in [0.15, 0.2) is 122 Å². The number of benzene rings is 4. The molecular weight excluding hydrogens is 470 g/mol. The minimum Gasteiger partial charge on any atom is -0.355 e. The van der Waals surface area contributed by atoms with Crippen LogP contribution in [0, 0.1) is 0 Å². The Morgan fingerprint density at radius 3 is 2.18 bits per heavy atom. The summed E-state index contributed by atoms with van der Waals surface area (Å²) in [7, 11) is 0. The van der Waals surface area contributed by atoms with Crippen molar-refractivity contribution < 1.29 is 0 Å². The summed E-state index contributed by atoms with van der Waals surface area (Å²) in [6.07, 6.45) is 4.92. The highest BCUT2D eigenvalue weighted by Gasteiger charge is 2.15. The molecule has 0 fully saturated rings. The lowest BCUT2D eigenvalue weighted by Gasteiger charge is -2.10. The van der Waals surface area contributed by atoms with Gasteiger partial charge in [-0.25, -0.2) is 19.9 Å². The highest BCUT2D eigenvalue weighted by atomic mass is 15.2. The van der Waals surface area contributed by atoms with Crippen LogP contribution in [-0.4, -0.2) is 29.5 Å². The van der Waals surface area contributed by atoms with E-state index in [1.807, 2.05) is 77.5 Å². The van der Waals surface area contributed by atoms with Crippen LogP contribution in [0.1, 0.15) is 0 Å². The van der Waals surface area contributed by atoms with Gasteiger partial charge in [-0.2, -0.15) is 0 Å². The molecule has 0 atom stereocenters. The Kier molecular flexibility index (Phi) is 5.29. The summed E-state index contributed by atoms with van der Waals surface area (Å²) < 4.78 is 1.96. The quantitative estimate of drug-likeness (QED) is 0.284. The SMILES string of the molecule is c1ccc(-c2cnc3cc(Nc4ccc(-c5nc6ccccc6n5-c5ncncn5)cc4)ccc3c2)cc1. The van der Waals surface area contributed by atoms with Crippen LogP contribution >= 0.6 is 0 Å². The molecule has 7 nitrogen and oxygen atoms in total. The Bertz CT molecular complexity index is 1880. The molecular formula is C31H21N7. The number of nitrogens with one attached hydrogen (secondary N) is 1. The number of anilines is 2. The maximum absolute atomic E-state index is 4.87. The van der Waals surface area contributed by atoms with E-state index in [-0.39, 0.29) is 0 Å². The average Bonchev–Trinajstić information content (AvgIpc) is 3.38. The van der Waals surface area contributed by atoms with Gasteiger partial charge in [0.1, 0.15) is 18.5 Å². The van der Waals surface area contributed by atoms with Crippen molar-refractivity contribution >= 4 is 33.3 Å². The van der Waals surface area contributed by atoms with Gasteiger partial charge in [0.05, 0.1) is 16.6 Å². The normalized spacial score (nSPS) is 11.2. The molecule has 1 N–H and O–H groups in total. The lowest BCUT2D eigenvalue weighted by atomic mass is 10.1. The molecule has 0 radical (unpaired) electrons. The standard InChI is InChI=1S/C31H21N7/c1-2-6-21(7-3-1)24-16-23-12-15-26(17-28(23)33-18-24)36-25-13-10-22(11-14-25)30-37-27-8-4-5-9-29(27)38(30)31-34-19-32-20-35-31/h1-20,36H. The Morgan fingerprint density at radius 2 is 1.34 bits per heavy atom. The number of hydrogen-bond acceptors (Lipinski definition) is 6. The van der Waals surface area contributed by atoms with Crippen molar-refractivity contribution in [3.05, 3.63) is 122 Å². The van der Waals surface area contributed by atoms with Crippen LogP contribution in [0.25, 0.3) is 50.4 Å². The Labute approximate surface area is 218 Å². The lowest BCUT2D eigenvalue weighted by molar-refractivity contribution is 0.917. The predicted molar refractivity (Wildman–Crippen MR) is 150 cm³/mol. The van der Waals surface area contributed by atoms with Gasteiger partial charge in [-0.3, -0.25) is 9.55 Å². The number of fused-ring (bicyclic) bond motifs is 2. The molecule has 3 aromatic heterocycles. The summed E-state index contributed by atoms with van der Waals surface area (Å²) in [6, 6.07) is 34.9. The average molecular weight is 492 g/mol. The molecule has 7 heteroatoms. The molecule has 0 aliphatic rings. The van der Waals surface area contributed by atoms with Crippen LogP contribution in [0.2, 0.25) is 0 Å². The van der Waals surface area contributed by atoms with E-state index < -0.39 is 0 Å². The molecule has 3 heterocycles. The van der Waals surface area contributed by atoms with Crippen molar-refractivity contribution in [1.29, 1.82) is 0 Å². The first kappa shape index (κ1) is 21.8. The molecule has 7 aromatic rings. The summed E-state index contributed by atoms with van der Waals surface area (Å²) in [5.41, 5.74) is 7.93. The second-order valence-corrected chi connectivity index (χ2v) is 8.90. The summed E-state index contributed by atoms with van der Waals surface area (Å²) in [5, 5.41) is 4.60. The summed E-state index contributed by atoms with van der Waals surface area (Å²) in [6.45, 7) is 0. The molecule has 38 heavy (non-hydrogen) atoms. The van der Waals surface area contributed by atoms with E-state index in [4.69, 9.17) is 9.97 Å². The number of nitrogens with zero attached hydrogens (tertiary/aromatic N) is 6. The highest BCUT2D eigenvalue weighted by Crippen LogP contribution is 2.30. The van der Waals surface area contributed by atoms with Crippen molar-refractivity contribution in [2.24, 2.45) is 0 Å². The largest absolute Gasteiger partial charge is 0.355 e. The maximum Gasteiger partial charge on any atom is 0.238 e. The second-order valence-electron chi connectivity index (χ2n) is 8.90. The van der Waals surface area contributed by atoms with Gasteiger partial charge in [0, 0.05) is 34.1 Å². The van der Waals surface area contributed by atoms with Gasteiger partial charge in [0.2, 0.25) is 5.95 Å². The monoisotopic (exact) mass is 491 g/mol. The number of aromatic nitrogens is 6. The first-order valence-electron chi connectivity index (χ1n) is 12.2. The van der Waals surface area contributed by atoms with E-state index in [0.29, 0.717) is 5.95 Å². The molecule has 0 saturated carbocycles. The van der Waals surface area contributed by atoms with Crippen molar-refractivity contribution in [2.75, 3.05) is 5.32 Å². The lowest BCUT2D eigenvalue weighted by Crippen LogP contribution is -2.03. The van der Waals surface area contributed by atoms with E-state index >= 15 is 0 Å². The first-order chi connectivity index (χ1) is 18.8. The Hall–Kier alpha value is -5.43. The smallest absolute Gasteiger partial charge is 0.238 e. The third kappa shape index (κ3) is 4.02. The minimum atomic E-state index is 0.532. The Morgan fingerprint density at radius 1 is 0.579 bits per heavy atom. The molecule has 0 unspecified atom stereocenters. The topological polar surface area (TPSA) is 81.4 Å². The fraction of sp³-hybridized carbons (Fsp3) is 0. The van der Waals surface area contributed by atoms with Crippen molar-refractivity contribution in [2.45, 2.75) is 0 Å². The van der Waals surface area contributed by atoms with E-state index in [1.165, 1.54) is 12.7 Å². The molecule has 7 rings (SSSR count). The number of pyridine rings is 1. The number of para-hydroxylation sites is 2. The molecule has 0 bridgehead atoms. The molecule has 0 amide bonds. The van der Waals surface area contributed by atoms with Crippen molar-refractivity contribution in [3.63, 3.8) is 0 Å². The number of hydrogen-bond donors (Lipinski definition) is 1. The van der Waals surface area contributed by atoms with Crippen molar-refractivity contribution in [1.82, 2.24) is 29.5 Å². The van der Waals surface area contributed by atoms with Crippen LogP contribution in [-0.2, 0) is 0 Å². The van der Waals surface area contributed by atoms with Gasteiger partial charge in [-0.05, 0) is 60.2 Å². The van der Waals surface area contributed by atoms with Crippen LogP contribution in [0.4, 0.5) is 11.4 Å². The van der Waals surface area contributed by atoms with Gasteiger partial charge < -0.3 is 5.32 Å². The molecule has 0 aliphatic heterocycles. The minimum absolute atomic E-state index is 0.532. The van der Waals surface area contributed by atoms with Crippen LogP contribution in [0.5, 0.6) is 0 Å². The van der Waals surface area contributed by atoms with Gasteiger partial charge >= 0.3 is 0 Å². The zero-order valence-corrected chi connectivity index (χ0v) is 20.2. The highest BCUT2D eigenvalue weighted by molar-refractivity contribution is 5.87.